The fourth-order valence-electron chi connectivity index (χ4n) is 1.76. The van der Waals surface area contributed by atoms with Crippen LogP contribution < -0.4 is 4.65 Å². The Bertz CT molecular complexity index is 323. The van der Waals surface area contributed by atoms with Gasteiger partial charge in [0.15, 0.2) is 12.1 Å². The van der Waals surface area contributed by atoms with Crippen LogP contribution in [0.4, 0.5) is 0 Å². The van der Waals surface area contributed by atoms with Crippen LogP contribution in [0.2, 0.25) is 0 Å². The summed E-state index contributed by atoms with van der Waals surface area (Å²) in [5.41, 5.74) is 0.848. The van der Waals surface area contributed by atoms with E-state index in [4.69, 9.17) is 14.4 Å². The topological polar surface area (TPSA) is 56.5 Å². The summed E-state index contributed by atoms with van der Waals surface area (Å²) < 4.78 is 12.2. The van der Waals surface area contributed by atoms with E-state index in [-0.39, 0.29) is 6.23 Å². The summed E-state index contributed by atoms with van der Waals surface area (Å²) >= 11 is 0. The van der Waals surface area contributed by atoms with Crippen molar-refractivity contribution in [3.05, 3.63) is 11.8 Å². The summed E-state index contributed by atoms with van der Waals surface area (Å²) in [7, 11) is 0.662. The molecule has 1 aromatic heterocycles. The lowest BCUT2D eigenvalue weighted by atomic mass is 10.2. The van der Waals surface area contributed by atoms with E-state index in [1.54, 1.807) is 10.7 Å². The molecule has 0 amide bonds. The van der Waals surface area contributed by atoms with Gasteiger partial charge in [-0.25, -0.2) is 4.68 Å². The molecule has 0 spiro atoms. The van der Waals surface area contributed by atoms with Crippen molar-refractivity contribution < 1.29 is 14.4 Å². The Kier molecular flexibility index (Phi) is 3.28. The van der Waals surface area contributed by atoms with Crippen molar-refractivity contribution in [3.8, 4) is 5.88 Å². The molecule has 1 radical (unpaired) electrons. The van der Waals surface area contributed by atoms with Gasteiger partial charge in [0.05, 0.1) is 5.69 Å². The molecule has 1 N–H and O–H groups in total. The predicted octanol–water partition coefficient (Wildman–Crippen LogP) is 0.796. The second kappa shape index (κ2) is 4.68. The van der Waals surface area contributed by atoms with Crippen molar-refractivity contribution in [1.82, 2.24) is 9.78 Å². The van der Waals surface area contributed by atoms with Crippen molar-refractivity contribution in [2.45, 2.75) is 32.4 Å². The number of hydrogen-bond donors (Lipinski definition) is 1. The molecule has 0 bridgehead atoms. The van der Waals surface area contributed by atoms with E-state index in [9.17, 15) is 0 Å². The predicted molar refractivity (Wildman–Crippen MR) is 54.4 cm³/mol. The summed E-state index contributed by atoms with van der Waals surface area (Å²) in [4.78, 5) is 0. The lowest BCUT2D eigenvalue weighted by Crippen LogP contribution is -2.20. The molecule has 1 aromatic rings. The summed E-state index contributed by atoms with van der Waals surface area (Å²) in [6, 6.07) is 1.77. The van der Waals surface area contributed by atoms with Gasteiger partial charge in [-0.05, 0) is 26.2 Å². The van der Waals surface area contributed by atoms with Crippen LogP contribution in [-0.4, -0.2) is 29.1 Å². The van der Waals surface area contributed by atoms with Gasteiger partial charge in [0.2, 0.25) is 0 Å². The highest BCUT2D eigenvalue weighted by Gasteiger charge is 2.20. The average Bonchev–Trinajstić information content (AvgIpc) is 2.62. The van der Waals surface area contributed by atoms with Crippen LogP contribution in [0.25, 0.3) is 0 Å². The monoisotopic (exact) mass is 209 g/mol. The first-order valence-electron chi connectivity index (χ1n) is 5.11. The second-order valence-electron chi connectivity index (χ2n) is 3.61. The van der Waals surface area contributed by atoms with E-state index in [1.165, 1.54) is 0 Å². The molecule has 1 aliphatic heterocycles. The van der Waals surface area contributed by atoms with Gasteiger partial charge < -0.3 is 14.4 Å². The fraction of sp³-hybridized carbons (Fsp3) is 0.667. The summed E-state index contributed by atoms with van der Waals surface area (Å²) in [6.07, 6.45) is 3.09. The Morgan fingerprint density at radius 2 is 2.53 bits per heavy atom. The van der Waals surface area contributed by atoms with Gasteiger partial charge in [0.1, 0.15) is 0 Å². The van der Waals surface area contributed by atoms with E-state index in [0.29, 0.717) is 13.6 Å². The van der Waals surface area contributed by atoms with Crippen LogP contribution in [0, 0.1) is 6.92 Å². The maximum atomic E-state index is 8.62. The molecule has 6 heteroatoms. The van der Waals surface area contributed by atoms with Gasteiger partial charge in [0.25, 0.3) is 0 Å². The molecule has 1 aliphatic rings. The first-order chi connectivity index (χ1) is 7.31. The smallest absolute Gasteiger partial charge is 0.524 e. The Morgan fingerprint density at radius 3 is 3.20 bits per heavy atom. The number of rotatable bonds is 3. The molecule has 2 rings (SSSR count). The largest absolute Gasteiger partial charge is 0.570 e. The Labute approximate surface area is 89.3 Å². The molecule has 1 saturated heterocycles. The number of aryl methyl sites for hydroxylation is 1. The third-order valence-electron chi connectivity index (χ3n) is 2.43. The van der Waals surface area contributed by atoms with E-state index in [1.807, 2.05) is 6.92 Å². The second-order valence-corrected chi connectivity index (χ2v) is 3.61. The van der Waals surface area contributed by atoms with E-state index >= 15 is 0 Å². The van der Waals surface area contributed by atoms with Gasteiger partial charge in [-0.15, -0.1) is 0 Å². The lowest BCUT2D eigenvalue weighted by molar-refractivity contribution is -0.0422. The lowest BCUT2D eigenvalue weighted by Gasteiger charge is -2.23. The zero-order valence-corrected chi connectivity index (χ0v) is 8.72. The Morgan fingerprint density at radius 1 is 1.67 bits per heavy atom. The van der Waals surface area contributed by atoms with Crippen LogP contribution in [0.1, 0.15) is 31.2 Å². The van der Waals surface area contributed by atoms with Crippen molar-refractivity contribution in [1.29, 1.82) is 0 Å². The van der Waals surface area contributed by atoms with Crippen LogP contribution >= 0.6 is 0 Å². The molecule has 1 atom stereocenters. The highest BCUT2D eigenvalue weighted by Crippen LogP contribution is 2.26. The molecule has 0 aromatic carbocycles. The molecule has 1 unspecified atom stereocenters. The molecule has 2 heterocycles. The summed E-state index contributed by atoms with van der Waals surface area (Å²) in [6.45, 7) is 2.63. The van der Waals surface area contributed by atoms with Crippen LogP contribution in [0.5, 0.6) is 5.88 Å². The number of ether oxygens (including phenoxy) is 1. The molecule has 81 valence electrons. The highest BCUT2D eigenvalue weighted by molar-refractivity contribution is 6.17. The number of nitrogens with zero attached hydrogens (tertiary/aromatic N) is 2. The molecule has 1 fully saturated rings. The summed E-state index contributed by atoms with van der Waals surface area (Å²) in [5.74, 6) is 0.516. The third kappa shape index (κ3) is 2.32. The first-order valence-corrected chi connectivity index (χ1v) is 5.11. The molecule has 0 saturated carbocycles. The zero-order valence-electron chi connectivity index (χ0n) is 8.72. The Hall–Kier alpha value is -1.01. The SMILES string of the molecule is Cc1cc(O[B]O)n(C2CCCCO2)n1. The number of aromatic nitrogens is 2. The van der Waals surface area contributed by atoms with Gasteiger partial charge in [-0.2, -0.15) is 5.10 Å². The first kappa shape index (κ1) is 10.5. The normalized spacial score (nSPS) is 21.3. The van der Waals surface area contributed by atoms with Crippen LogP contribution in [0.15, 0.2) is 6.07 Å². The van der Waals surface area contributed by atoms with Crippen molar-refractivity contribution in [2.24, 2.45) is 0 Å². The third-order valence-corrected chi connectivity index (χ3v) is 2.43. The van der Waals surface area contributed by atoms with Gasteiger partial charge in [-0.1, -0.05) is 0 Å². The van der Waals surface area contributed by atoms with E-state index < -0.39 is 0 Å². The van der Waals surface area contributed by atoms with Crippen molar-refractivity contribution in [3.63, 3.8) is 0 Å². The highest BCUT2D eigenvalue weighted by atomic mass is 16.5. The minimum atomic E-state index is -0.0672. The summed E-state index contributed by atoms with van der Waals surface area (Å²) in [5, 5.41) is 12.9. The fourth-order valence-corrected chi connectivity index (χ4v) is 1.76. The van der Waals surface area contributed by atoms with E-state index in [0.717, 1.165) is 31.6 Å². The average molecular weight is 209 g/mol. The molecular weight excluding hydrogens is 195 g/mol. The number of hydrogen-bond acceptors (Lipinski definition) is 4. The van der Waals surface area contributed by atoms with Crippen molar-refractivity contribution >= 4 is 7.69 Å². The quantitative estimate of drug-likeness (QED) is 0.748. The van der Waals surface area contributed by atoms with Gasteiger partial charge in [0, 0.05) is 12.7 Å². The minimum Gasteiger partial charge on any atom is -0.524 e. The molecule has 5 nitrogen and oxygen atoms in total. The molecular formula is C9H14BN2O3. The standard InChI is InChI=1S/C9H14BN2O3/c1-7-6-9(15-10-13)12(11-7)8-4-2-3-5-14-8/h6,8,13H,2-5H2,1H3. The molecule has 0 aliphatic carbocycles. The van der Waals surface area contributed by atoms with Gasteiger partial charge >= 0.3 is 7.69 Å². The van der Waals surface area contributed by atoms with E-state index in [2.05, 4.69) is 5.10 Å². The maximum absolute atomic E-state index is 8.62. The minimum absolute atomic E-state index is 0.0672. The van der Waals surface area contributed by atoms with Crippen LogP contribution in [0.3, 0.4) is 0 Å². The molecule has 15 heavy (non-hydrogen) atoms. The maximum Gasteiger partial charge on any atom is 0.570 e. The van der Waals surface area contributed by atoms with Crippen molar-refractivity contribution in [2.75, 3.05) is 6.61 Å². The van der Waals surface area contributed by atoms with Gasteiger partial charge in [-0.3, -0.25) is 0 Å². The zero-order chi connectivity index (χ0) is 10.7. The van der Waals surface area contributed by atoms with Crippen LogP contribution in [-0.2, 0) is 4.74 Å². The Balaban J connectivity index is 2.17.